The zero-order valence-electron chi connectivity index (χ0n) is 9.40. The molecule has 0 heterocycles. The van der Waals surface area contributed by atoms with Crippen LogP contribution in [0.4, 0.5) is 0 Å². The Kier molecular flexibility index (Phi) is 20.2. The summed E-state index contributed by atoms with van der Waals surface area (Å²) in [6, 6.07) is 0. The monoisotopic (exact) mass is 170 g/mol. The number of rotatable bonds is 6. The molecule has 0 bridgehead atoms. The largest absolute Gasteiger partial charge is 0.0885 e. The summed E-state index contributed by atoms with van der Waals surface area (Å²) in [6.45, 7) is 8.46. The minimum Gasteiger partial charge on any atom is -0.0885 e. The first-order chi connectivity index (χ1) is 5.91. The van der Waals surface area contributed by atoms with E-state index < -0.39 is 0 Å². The summed E-state index contributed by atoms with van der Waals surface area (Å²) in [6.07, 6.45) is 12.5. The molecule has 0 aromatic heterocycles. The number of unbranched alkanes of at least 4 members (excludes halogenated alkanes) is 4. The summed E-state index contributed by atoms with van der Waals surface area (Å²) >= 11 is 0. The molecule has 0 rings (SSSR count). The van der Waals surface area contributed by atoms with Gasteiger partial charge in [-0.05, 0) is 19.3 Å². The fraction of sp³-hybridized carbons (Fsp3) is 0.833. The van der Waals surface area contributed by atoms with Gasteiger partial charge in [-0.15, -0.1) is 0 Å². The van der Waals surface area contributed by atoms with E-state index in [1.165, 1.54) is 38.5 Å². The molecule has 0 saturated carbocycles. The molecule has 0 heteroatoms. The van der Waals surface area contributed by atoms with Gasteiger partial charge in [-0.3, -0.25) is 0 Å². The van der Waals surface area contributed by atoms with Gasteiger partial charge in [0.15, 0.2) is 0 Å². The molecule has 0 amide bonds. The minimum atomic E-state index is 1.26. The first-order valence-corrected chi connectivity index (χ1v) is 5.56. The predicted octanol–water partition coefficient (Wildman–Crippen LogP) is 4.95. The third kappa shape index (κ3) is 16.4. The maximum atomic E-state index is 2.32. The number of hydrogen-bond acceptors (Lipinski definition) is 0. The molecule has 0 aliphatic rings. The summed E-state index contributed by atoms with van der Waals surface area (Å²) in [7, 11) is 0. The highest BCUT2D eigenvalue weighted by atomic mass is 13.9. The van der Waals surface area contributed by atoms with Crippen LogP contribution < -0.4 is 0 Å². The quantitative estimate of drug-likeness (QED) is 0.391. The zero-order chi connectivity index (χ0) is 9.66. The van der Waals surface area contributed by atoms with Crippen molar-refractivity contribution in [1.82, 2.24) is 0 Å². The van der Waals surface area contributed by atoms with Crippen molar-refractivity contribution in [2.45, 2.75) is 66.2 Å². The van der Waals surface area contributed by atoms with Gasteiger partial charge in [-0.1, -0.05) is 59.1 Å². The van der Waals surface area contributed by atoms with Crippen LogP contribution in [0, 0.1) is 0 Å². The van der Waals surface area contributed by atoms with Crippen LogP contribution in [0.3, 0.4) is 0 Å². The molecule has 0 aromatic rings. The van der Waals surface area contributed by atoms with Crippen LogP contribution in [0.1, 0.15) is 66.2 Å². The second-order valence-corrected chi connectivity index (χ2v) is 2.76. The predicted molar refractivity (Wildman–Crippen MR) is 59.5 cm³/mol. The summed E-state index contributed by atoms with van der Waals surface area (Å²) < 4.78 is 0. The van der Waals surface area contributed by atoms with Crippen LogP contribution in [0.2, 0.25) is 0 Å². The van der Waals surface area contributed by atoms with Gasteiger partial charge < -0.3 is 0 Å². The normalized spacial score (nSPS) is 9.67. The molecular weight excluding hydrogens is 144 g/mol. The van der Waals surface area contributed by atoms with Crippen molar-refractivity contribution in [3.63, 3.8) is 0 Å². The van der Waals surface area contributed by atoms with Crippen LogP contribution >= 0.6 is 0 Å². The van der Waals surface area contributed by atoms with Gasteiger partial charge in [0, 0.05) is 0 Å². The molecule has 0 aromatic carbocycles. The Morgan fingerprint density at radius 2 is 1.33 bits per heavy atom. The summed E-state index contributed by atoms with van der Waals surface area (Å²) in [4.78, 5) is 0. The van der Waals surface area contributed by atoms with Crippen molar-refractivity contribution >= 4 is 0 Å². The molecule has 0 atom stereocenters. The second-order valence-electron chi connectivity index (χ2n) is 2.76. The summed E-state index contributed by atoms with van der Waals surface area (Å²) in [5.41, 5.74) is 0. The Labute approximate surface area is 79.1 Å². The van der Waals surface area contributed by atoms with E-state index in [-0.39, 0.29) is 0 Å². The van der Waals surface area contributed by atoms with Crippen LogP contribution in [-0.2, 0) is 0 Å². The molecule has 0 radical (unpaired) electrons. The van der Waals surface area contributed by atoms with Crippen molar-refractivity contribution in [2.75, 3.05) is 0 Å². The van der Waals surface area contributed by atoms with Crippen LogP contribution in [0.25, 0.3) is 0 Å². The van der Waals surface area contributed by atoms with E-state index >= 15 is 0 Å². The number of allylic oxidation sites excluding steroid dienone is 2. The molecule has 0 aliphatic carbocycles. The lowest BCUT2D eigenvalue weighted by atomic mass is 10.2. The lowest BCUT2D eigenvalue weighted by Gasteiger charge is -1.90. The van der Waals surface area contributed by atoms with Gasteiger partial charge in [0.1, 0.15) is 0 Å². The van der Waals surface area contributed by atoms with Gasteiger partial charge >= 0.3 is 0 Å². The van der Waals surface area contributed by atoms with Crippen molar-refractivity contribution in [2.24, 2.45) is 0 Å². The molecule has 0 N–H and O–H groups in total. The van der Waals surface area contributed by atoms with Crippen LogP contribution in [-0.4, -0.2) is 0 Å². The molecule has 0 aliphatic heterocycles. The molecule has 12 heavy (non-hydrogen) atoms. The van der Waals surface area contributed by atoms with Gasteiger partial charge in [0.05, 0.1) is 0 Å². The van der Waals surface area contributed by atoms with Gasteiger partial charge in [0.25, 0.3) is 0 Å². The van der Waals surface area contributed by atoms with E-state index in [9.17, 15) is 0 Å². The van der Waals surface area contributed by atoms with Crippen LogP contribution in [0.15, 0.2) is 12.2 Å². The van der Waals surface area contributed by atoms with E-state index in [0.29, 0.717) is 0 Å². The average molecular weight is 170 g/mol. The van der Waals surface area contributed by atoms with Gasteiger partial charge in [-0.2, -0.15) is 0 Å². The fourth-order valence-electron chi connectivity index (χ4n) is 0.915. The Balaban J connectivity index is 0. The van der Waals surface area contributed by atoms with E-state index in [1.807, 2.05) is 13.8 Å². The molecule has 0 nitrogen and oxygen atoms in total. The highest BCUT2D eigenvalue weighted by molar-refractivity contribution is 4.80. The number of hydrogen-bond donors (Lipinski definition) is 0. The molecule has 0 unspecified atom stereocenters. The highest BCUT2D eigenvalue weighted by Gasteiger charge is 1.80. The minimum absolute atomic E-state index is 1.26. The Morgan fingerprint density at radius 1 is 0.750 bits per heavy atom. The first-order valence-electron chi connectivity index (χ1n) is 5.56. The maximum absolute atomic E-state index is 2.32. The summed E-state index contributed by atoms with van der Waals surface area (Å²) in [5.74, 6) is 0. The van der Waals surface area contributed by atoms with E-state index in [1.54, 1.807) is 0 Å². The molecular formula is C12H26. The topological polar surface area (TPSA) is 0 Å². The highest BCUT2D eigenvalue weighted by Crippen LogP contribution is 2.00. The maximum Gasteiger partial charge on any atom is -0.0351 e. The average Bonchev–Trinajstić information content (AvgIpc) is 2.15. The van der Waals surface area contributed by atoms with Crippen molar-refractivity contribution in [1.29, 1.82) is 0 Å². The third-order valence-corrected chi connectivity index (χ3v) is 1.60. The summed E-state index contributed by atoms with van der Waals surface area (Å²) in [5, 5.41) is 0. The van der Waals surface area contributed by atoms with Crippen molar-refractivity contribution < 1.29 is 0 Å². The van der Waals surface area contributed by atoms with Gasteiger partial charge in [0.2, 0.25) is 0 Å². The van der Waals surface area contributed by atoms with Gasteiger partial charge in [-0.25, -0.2) is 0 Å². The molecule has 74 valence electrons. The SMILES string of the molecule is CC.CCC/C=C\CCCCC. The lowest BCUT2D eigenvalue weighted by Crippen LogP contribution is -1.70. The van der Waals surface area contributed by atoms with E-state index in [4.69, 9.17) is 0 Å². The Bertz CT molecular complexity index is 72.1. The van der Waals surface area contributed by atoms with E-state index in [2.05, 4.69) is 26.0 Å². The van der Waals surface area contributed by atoms with Crippen LogP contribution in [0.5, 0.6) is 0 Å². The van der Waals surface area contributed by atoms with E-state index in [0.717, 1.165) is 0 Å². The zero-order valence-corrected chi connectivity index (χ0v) is 9.40. The molecule has 0 saturated heterocycles. The lowest BCUT2D eigenvalue weighted by molar-refractivity contribution is 0.727. The Morgan fingerprint density at radius 3 is 1.83 bits per heavy atom. The second kappa shape index (κ2) is 17.0. The van der Waals surface area contributed by atoms with Crippen molar-refractivity contribution in [3.05, 3.63) is 12.2 Å². The first kappa shape index (κ1) is 14.3. The smallest absolute Gasteiger partial charge is 0.0351 e. The fourth-order valence-corrected chi connectivity index (χ4v) is 0.915. The molecule has 0 spiro atoms. The third-order valence-electron chi connectivity index (χ3n) is 1.60. The van der Waals surface area contributed by atoms with Crippen molar-refractivity contribution in [3.8, 4) is 0 Å². The standard InChI is InChI=1S/C10H20.C2H6/c1-3-5-7-9-10-8-6-4-2;1-2/h7,9H,3-6,8,10H2,1-2H3;1-2H3/b9-7-;. The molecule has 0 fully saturated rings. The Hall–Kier alpha value is -0.260.